The Bertz CT molecular complexity index is 868. The molecule has 1 saturated heterocycles. The second-order valence-electron chi connectivity index (χ2n) is 6.25. The summed E-state index contributed by atoms with van der Waals surface area (Å²) in [4.78, 5) is 37.8. The summed E-state index contributed by atoms with van der Waals surface area (Å²) in [7, 11) is 1.30. The van der Waals surface area contributed by atoms with Crippen molar-refractivity contribution >= 4 is 17.9 Å². The molecule has 1 unspecified atom stereocenters. The van der Waals surface area contributed by atoms with Crippen LogP contribution in [0.15, 0.2) is 54.6 Å². The molecule has 0 aliphatic carbocycles. The largest absolute Gasteiger partial charge is 0.492 e. The van der Waals surface area contributed by atoms with Gasteiger partial charge in [0.2, 0.25) is 0 Å². The Labute approximate surface area is 156 Å². The lowest BCUT2D eigenvalue weighted by Gasteiger charge is -2.22. The maximum Gasteiger partial charge on any atom is 0.337 e. The van der Waals surface area contributed by atoms with E-state index in [2.05, 4.69) is 10.1 Å². The van der Waals surface area contributed by atoms with E-state index in [-0.39, 0.29) is 19.1 Å². The number of amides is 3. The topological polar surface area (TPSA) is 84.9 Å². The van der Waals surface area contributed by atoms with Crippen molar-refractivity contribution in [3.63, 3.8) is 0 Å². The van der Waals surface area contributed by atoms with E-state index in [1.165, 1.54) is 7.11 Å². The predicted octanol–water partition coefficient (Wildman–Crippen LogP) is 2.32. The average molecular weight is 368 g/mol. The van der Waals surface area contributed by atoms with Gasteiger partial charge in [0.1, 0.15) is 17.9 Å². The number of benzene rings is 2. The molecule has 0 aromatic heterocycles. The summed E-state index contributed by atoms with van der Waals surface area (Å²) in [5.41, 5.74) is -0.0115. The molecular formula is C20H20N2O5. The average Bonchev–Trinajstić information content (AvgIpc) is 2.92. The van der Waals surface area contributed by atoms with Crippen molar-refractivity contribution in [1.82, 2.24) is 10.2 Å². The van der Waals surface area contributed by atoms with Crippen LogP contribution in [0, 0.1) is 0 Å². The number of methoxy groups -OCH3 is 1. The van der Waals surface area contributed by atoms with Gasteiger partial charge in [0.25, 0.3) is 5.91 Å². The Hall–Kier alpha value is -3.35. The highest BCUT2D eigenvalue weighted by molar-refractivity contribution is 6.07. The van der Waals surface area contributed by atoms with Crippen LogP contribution in [0.3, 0.4) is 0 Å². The van der Waals surface area contributed by atoms with E-state index >= 15 is 0 Å². The number of imide groups is 1. The first-order valence-corrected chi connectivity index (χ1v) is 8.46. The van der Waals surface area contributed by atoms with Crippen LogP contribution in [-0.4, -0.2) is 43.1 Å². The number of carbonyl (C=O) groups is 3. The predicted molar refractivity (Wildman–Crippen MR) is 97.3 cm³/mol. The highest BCUT2D eigenvalue weighted by Gasteiger charge is 2.48. The smallest absolute Gasteiger partial charge is 0.337 e. The molecule has 3 rings (SSSR count). The third-order valence-electron chi connectivity index (χ3n) is 4.46. The van der Waals surface area contributed by atoms with Gasteiger partial charge in [-0.2, -0.15) is 0 Å². The lowest BCUT2D eigenvalue weighted by atomic mass is 9.92. The van der Waals surface area contributed by atoms with E-state index in [0.29, 0.717) is 11.3 Å². The van der Waals surface area contributed by atoms with E-state index in [9.17, 15) is 14.4 Å². The summed E-state index contributed by atoms with van der Waals surface area (Å²) in [5.74, 6) is -0.338. The van der Waals surface area contributed by atoms with Crippen molar-refractivity contribution in [3.05, 3.63) is 65.7 Å². The first-order valence-electron chi connectivity index (χ1n) is 8.46. The molecule has 0 spiro atoms. The van der Waals surface area contributed by atoms with E-state index in [1.54, 1.807) is 43.3 Å². The van der Waals surface area contributed by atoms with Gasteiger partial charge in [-0.3, -0.25) is 9.69 Å². The number of urea groups is 1. The lowest BCUT2D eigenvalue weighted by Crippen LogP contribution is -2.41. The van der Waals surface area contributed by atoms with Crippen molar-refractivity contribution in [2.45, 2.75) is 12.5 Å². The molecule has 140 valence electrons. The Morgan fingerprint density at radius 2 is 1.85 bits per heavy atom. The maximum absolute atomic E-state index is 12.8. The third-order valence-corrected chi connectivity index (χ3v) is 4.46. The number of hydrogen-bond acceptors (Lipinski definition) is 5. The Balaban J connectivity index is 1.64. The van der Waals surface area contributed by atoms with Gasteiger partial charge in [-0.15, -0.1) is 0 Å². The SMILES string of the molecule is COC(=O)c1cccc(OCCN2C(=O)NC(C)(c3ccccc3)C2=O)c1. The van der Waals surface area contributed by atoms with E-state index in [4.69, 9.17) is 4.74 Å². The number of rotatable bonds is 6. The molecular weight excluding hydrogens is 348 g/mol. The lowest BCUT2D eigenvalue weighted by molar-refractivity contribution is -0.131. The van der Waals surface area contributed by atoms with Crippen LogP contribution in [0.25, 0.3) is 0 Å². The Morgan fingerprint density at radius 3 is 2.56 bits per heavy atom. The van der Waals surface area contributed by atoms with E-state index < -0.39 is 17.5 Å². The zero-order valence-corrected chi connectivity index (χ0v) is 15.1. The van der Waals surface area contributed by atoms with E-state index in [1.807, 2.05) is 18.2 Å². The van der Waals surface area contributed by atoms with Crippen LogP contribution in [0.2, 0.25) is 0 Å². The molecule has 27 heavy (non-hydrogen) atoms. The first kappa shape index (κ1) is 18.4. The molecule has 1 fully saturated rings. The molecule has 1 heterocycles. The summed E-state index contributed by atoms with van der Waals surface area (Å²) in [5, 5.41) is 2.75. The molecule has 0 radical (unpaired) electrons. The standard InChI is InChI=1S/C20H20N2O5/c1-20(15-8-4-3-5-9-15)18(24)22(19(25)21-20)11-12-27-16-10-6-7-14(13-16)17(23)26-2/h3-10,13H,11-12H2,1-2H3,(H,21,25). The second kappa shape index (κ2) is 7.49. The van der Waals surface area contributed by atoms with Gasteiger partial charge >= 0.3 is 12.0 Å². The van der Waals surface area contributed by atoms with Gasteiger partial charge in [0.15, 0.2) is 0 Å². The van der Waals surface area contributed by atoms with Gasteiger partial charge in [-0.05, 0) is 30.7 Å². The molecule has 7 heteroatoms. The minimum absolute atomic E-state index is 0.0928. The normalized spacial score (nSPS) is 19.0. The van der Waals surface area contributed by atoms with Gasteiger partial charge in [-0.1, -0.05) is 36.4 Å². The van der Waals surface area contributed by atoms with Crippen LogP contribution >= 0.6 is 0 Å². The van der Waals surface area contributed by atoms with Crippen LogP contribution in [0.4, 0.5) is 4.79 Å². The number of ether oxygens (including phenoxy) is 2. The molecule has 3 amide bonds. The number of nitrogens with one attached hydrogen (secondary N) is 1. The molecule has 1 atom stereocenters. The molecule has 0 bridgehead atoms. The fourth-order valence-corrected chi connectivity index (χ4v) is 2.95. The number of nitrogens with zero attached hydrogens (tertiary/aromatic N) is 1. The monoisotopic (exact) mass is 368 g/mol. The highest BCUT2D eigenvalue weighted by atomic mass is 16.5. The number of hydrogen-bond donors (Lipinski definition) is 1. The van der Waals surface area contributed by atoms with Crippen molar-refractivity contribution in [2.24, 2.45) is 0 Å². The second-order valence-corrected chi connectivity index (χ2v) is 6.25. The van der Waals surface area contributed by atoms with Crippen molar-refractivity contribution in [3.8, 4) is 5.75 Å². The molecule has 0 saturated carbocycles. The molecule has 2 aromatic rings. The molecule has 1 N–H and O–H groups in total. The summed E-state index contributed by atoms with van der Waals surface area (Å²) < 4.78 is 10.3. The van der Waals surface area contributed by atoms with Crippen molar-refractivity contribution < 1.29 is 23.9 Å². The summed E-state index contributed by atoms with van der Waals surface area (Å²) >= 11 is 0. The summed E-state index contributed by atoms with van der Waals surface area (Å²) in [6.45, 7) is 1.88. The van der Waals surface area contributed by atoms with Crippen LogP contribution < -0.4 is 10.1 Å². The Morgan fingerprint density at radius 1 is 1.11 bits per heavy atom. The van der Waals surface area contributed by atoms with Gasteiger partial charge in [-0.25, -0.2) is 9.59 Å². The molecule has 2 aromatic carbocycles. The summed E-state index contributed by atoms with van der Waals surface area (Å²) in [6, 6.07) is 15.1. The van der Waals surface area contributed by atoms with Crippen molar-refractivity contribution in [1.29, 1.82) is 0 Å². The molecule has 7 nitrogen and oxygen atoms in total. The highest BCUT2D eigenvalue weighted by Crippen LogP contribution is 2.28. The minimum Gasteiger partial charge on any atom is -0.492 e. The molecule has 1 aliphatic rings. The third kappa shape index (κ3) is 3.62. The number of carbonyl (C=O) groups excluding carboxylic acids is 3. The van der Waals surface area contributed by atoms with Crippen LogP contribution in [-0.2, 0) is 15.1 Å². The van der Waals surface area contributed by atoms with Gasteiger partial charge < -0.3 is 14.8 Å². The Kier molecular flexibility index (Phi) is 5.12. The zero-order valence-electron chi connectivity index (χ0n) is 15.1. The quantitative estimate of drug-likeness (QED) is 0.625. The zero-order chi connectivity index (χ0) is 19.4. The van der Waals surface area contributed by atoms with Crippen molar-refractivity contribution in [2.75, 3.05) is 20.3 Å². The minimum atomic E-state index is -1.09. The van der Waals surface area contributed by atoms with Crippen LogP contribution in [0.1, 0.15) is 22.8 Å². The first-order chi connectivity index (χ1) is 13.0. The number of esters is 1. The fraction of sp³-hybridized carbons (Fsp3) is 0.250. The summed E-state index contributed by atoms with van der Waals surface area (Å²) in [6.07, 6.45) is 0. The maximum atomic E-state index is 12.8. The van der Waals surface area contributed by atoms with Gasteiger partial charge in [0, 0.05) is 0 Å². The van der Waals surface area contributed by atoms with E-state index in [0.717, 1.165) is 10.5 Å². The van der Waals surface area contributed by atoms with Crippen LogP contribution in [0.5, 0.6) is 5.75 Å². The molecule has 1 aliphatic heterocycles. The fourth-order valence-electron chi connectivity index (χ4n) is 2.95. The van der Waals surface area contributed by atoms with Gasteiger partial charge in [0.05, 0.1) is 19.2 Å².